The number of nitrogens with one attached hydrogen (secondary N) is 2. The van der Waals surface area contributed by atoms with Gasteiger partial charge in [0.25, 0.3) is 0 Å². The predicted octanol–water partition coefficient (Wildman–Crippen LogP) is -0.723. The summed E-state index contributed by atoms with van der Waals surface area (Å²) < 4.78 is 21.1. The van der Waals surface area contributed by atoms with Crippen molar-refractivity contribution in [3.63, 3.8) is 0 Å². The summed E-state index contributed by atoms with van der Waals surface area (Å²) in [6, 6.07) is 15.0. The van der Waals surface area contributed by atoms with Gasteiger partial charge in [-0.25, -0.2) is 0 Å². The Kier molecular flexibility index (Phi) is 20.7. The van der Waals surface area contributed by atoms with Crippen LogP contribution >= 0.6 is 0 Å². The molecule has 0 aliphatic carbocycles. The number of carbonyl (C=O) groups is 6. The molecule has 2 rings (SSSR count). The Labute approximate surface area is 304 Å². The first kappa shape index (κ1) is 42.4. The number of benzene rings is 2. The van der Waals surface area contributed by atoms with Gasteiger partial charge in [-0.1, -0.05) is 0 Å². The van der Waals surface area contributed by atoms with E-state index in [1.807, 2.05) is 34.1 Å². The van der Waals surface area contributed by atoms with Gasteiger partial charge in [0.1, 0.15) is 0 Å². The smallest absolute Gasteiger partial charge is 0.469 e. The Morgan fingerprint density at radius 2 is 0.760 bits per heavy atom. The third-order valence-electron chi connectivity index (χ3n) is 7.33. The van der Waals surface area contributed by atoms with E-state index in [2.05, 4.69) is 10.6 Å². The van der Waals surface area contributed by atoms with Crippen LogP contribution < -0.4 is 19.6 Å². The van der Waals surface area contributed by atoms with E-state index in [0.717, 1.165) is 8.92 Å². The zero-order chi connectivity index (χ0) is 36.7. The summed E-state index contributed by atoms with van der Waals surface area (Å²) in [5, 5.41) is 5.79. The van der Waals surface area contributed by atoms with Crippen LogP contribution in [0.25, 0.3) is 0 Å². The quantitative estimate of drug-likeness (QED) is 0.0821. The van der Waals surface area contributed by atoms with E-state index in [1.54, 1.807) is 24.3 Å². The number of rotatable bonds is 23. The molecule has 50 heavy (non-hydrogen) atoms. The predicted molar refractivity (Wildman–Crippen MR) is 188 cm³/mol. The molecule has 0 heterocycles. The van der Waals surface area contributed by atoms with E-state index >= 15 is 0 Å². The number of hydrogen-bond donors (Lipinski definition) is 2. The fourth-order valence-electron chi connectivity index (χ4n) is 4.36. The number of hydrogen-bond acceptors (Lipinski definition) is 12. The summed E-state index contributed by atoms with van der Waals surface area (Å²) in [6.45, 7) is 3.19. The van der Waals surface area contributed by atoms with Crippen molar-refractivity contribution in [2.24, 2.45) is 0 Å². The van der Waals surface area contributed by atoms with Gasteiger partial charge < -0.3 is 18.9 Å². The molecule has 0 aliphatic heterocycles. The SMILES string of the molecule is COC(=O)CCN(CCNC(=O)c1ccc([Se][Se]c2ccc(C(=O)NCCN(CCC(=O)OC)CCC(=O)OC)cc2)cc1)CCC(=O)OC. The summed E-state index contributed by atoms with van der Waals surface area (Å²) >= 11 is 0.340. The summed E-state index contributed by atoms with van der Waals surface area (Å²) in [5.74, 6) is -1.80. The molecule has 0 saturated heterocycles. The number of carbonyl (C=O) groups excluding carboxylic acids is 6. The normalized spacial score (nSPS) is 10.8. The molecule has 0 bridgehead atoms. The fourth-order valence-corrected chi connectivity index (χ4v) is 10.3. The van der Waals surface area contributed by atoms with Crippen LogP contribution in [-0.2, 0) is 38.1 Å². The molecule has 16 heteroatoms. The maximum absolute atomic E-state index is 12.7. The van der Waals surface area contributed by atoms with Gasteiger partial charge in [0.2, 0.25) is 0 Å². The molecule has 0 aromatic heterocycles. The van der Waals surface area contributed by atoms with E-state index < -0.39 is 0 Å². The Hall–Kier alpha value is -3.78. The second-order valence-electron chi connectivity index (χ2n) is 10.7. The van der Waals surface area contributed by atoms with Gasteiger partial charge in [0.15, 0.2) is 0 Å². The number of nitrogens with zero attached hydrogens (tertiary/aromatic N) is 2. The molecule has 2 aromatic rings. The average Bonchev–Trinajstić information content (AvgIpc) is 3.14. The van der Waals surface area contributed by atoms with E-state index in [9.17, 15) is 28.8 Å². The van der Waals surface area contributed by atoms with Gasteiger partial charge in [0, 0.05) is 0 Å². The second kappa shape index (κ2) is 24.4. The molecule has 0 spiro atoms. The minimum Gasteiger partial charge on any atom is -0.469 e. The topological polar surface area (TPSA) is 170 Å². The van der Waals surface area contributed by atoms with Crippen LogP contribution in [-0.4, -0.2) is 153 Å². The van der Waals surface area contributed by atoms with Gasteiger partial charge in [-0.05, 0) is 0 Å². The number of methoxy groups -OCH3 is 4. The van der Waals surface area contributed by atoms with E-state index in [4.69, 9.17) is 18.9 Å². The van der Waals surface area contributed by atoms with Crippen molar-refractivity contribution in [3.8, 4) is 0 Å². The summed E-state index contributed by atoms with van der Waals surface area (Å²) in [6.07, 6.45) is 0.716. The van der Waals surface area contributed by atoms with Gasteiger partial charge in [-0.15, -0.1) is 0 Å². The first-order valence-electron chi connectivity index (χ1n) is 15.9. The molecule has 0 radical (unpaired) electrons. The van der Waals surface area contributed by atoms with Crippen LogP contribution in [0.2, 0.25) is 0 Å². The fraction of sp³-hybridized carbons (Fsp3) is 0.471. The molecular formula is C34H46N4O10Se2. The third-order valence-corrected chi connectivity index (χ3v) is 14.6. The van der Waals surface area contributed by atoms with Crippen molar-refractivity contribution in [1.82, 2.24) is 20.4 Å². The van der Waals surface area contributed by atoms with Gasteiger partial charge >= 0.3 is 239 Å². The van der Waals surface area contributed by atoms with Crippen LogP contribution in [0.15, 0.2) is 48.5 Å². The van der Waals surface area contributed by atoms with Crippen molar-refractivity contribution in [2.45, 2.75) is 25.7 Å². The molecule has 274 valence electrons. The second-order valence-corrected chi connectivity index (χ2v) is 17.0. The molecular weight excluding hydrogens is 782 g/mol. The molecule has 2 amide bonds. The molecule has 0 fully saturated rings. The molecule has 0 aliphatic rings. The molecule has 14 nitrogen and oxygen atoms in total. The van der Waals surface area contributed by atoms with Crippen LogP contribution in [0, 0.1) is 0 Å². The van der Waals surface area contributed by atoms with E-state index in [-0.39, 0.29) is 87.6 Å². The monoisotopic (exact) mass is 830 g/mol. The summed E-state index contributed by atoms with van der Waals surface area (Å²) in [4.78, 5) is 75.4. The summed E-state index contributed by atoms with van der Waals surface area (Å²) in [5.41, 5.74) is 1.08. The average molecular weight is 829 g/mol. The summed E-state index contributed by atoms with van der Waals surface area (Å²) in [7, 11) is 5.30. The van der Waals surface area contributed by atoms with Crippen molar-refractivity contribution < 1.29 is 47.7 Å². The number of ether oxygens (including phenoxy) is 4. The van der Waals surface area contributed by atoms with Crippen LogP contribution in [0.1, 0.15) is 46.4 Å². The third kappa shape index (κ3) is 17.2. The zero-order valence-corrected chi connectivity index (χ0v) is 32.3. The van der Waals surface area contributed by atoms with Crippen molar-refractivity contribution in [3.05, 3.63) is 59.7 Å². The van der Waals surface area contributed by atoms with Gasteiger partial charge in [-0.3, -0.25) is 19.2 Å². The van der Waals surface area contributed by atoms with Crippen molar-refractivity contribution in [2.75, 3.05) is 80.8 Å². The molecule has 0 atom stereocenters. The van der Waals surface area contributed by atoms with Gasteiger partial charge in [0.05, 0.1) is 28.4 Å². The molecule has 0 unspecified atom stereocenters. The molecule has 0 saturated carbocycles. The van der Waals surface area contributed by atoms with E-state index in [0.29, 0.717) is 63.5 Å². The number of esters is 4. The van der Waals surface area contributed by atoms with Crippen LogP contribution in [0.3, 0.4) is 0 Å². The van der Waals surface area contributed by atoms with Crippen LogP contribution in [0.4, 0.5) is 0 Å². The zero-order valence-electron chi connectivity index (χ0n) is 28.9. The molecule has 2 N–H and O–H groups in total. The Balaban J connectivity index is 1.79. The molecule has 2 aromatic carbocycles. The van der Waals surface area contributed by atoms with Crippen molar-refractivity contribution in [1.29, 1.82) is 0 Å². The Morgan fingerprint density at radius 3 is 1.02 bits per heavy atom. The Morgan fingerprint density at radius 1 is 0.480 bits per heavy atom. The van der Waals surface area contributed by atoms with E-state index in [1.165, 1.54) is 28.4 Å². The van der Waals surface area contributed by atoms with Gasteiger partial charge in [-0.2, -0.15) is 0 Å². The minimum atomic E-state index is -0.346. The first-order chi connectivity index (χ1) is 24.1. The van der Waals surface area contributed by atoms with Crippen molar-refractivity contribution >= 4 is 70.9 Å². The van der Waals surface area contributed by atoms with Crippen LogP contribution in [0.5, 0.6) is 0 Å². The number of amides is 2. The Bertz CT molecular complexity index is 1250. The standard InChI is InChI=1S/C34H46N4O10Se2/c1-45-29(39)13-19-37(20-14-30(40)46-2)23-17-35-33(43)25-5-9-27(10-6-25)49-50-28-11-7-26(8-12-28)34(44)36-18-24-38(21-15-31(41)47-3)22-16-32(42)48-4/h5-12H,13-24H2,1-4H3,(H,35,43)(H,36,44). The maximum atomic E-state index is 12.7. The minimum absolute atomic E-state index is 0.170. The first-order valence-corrected chi connectivity index (χ1v) is 22.0.